The van der Waals surface area contributed by atoms with Crippen molar-refractivity contribution in [2.75, 3.05) is 33.4 Å². The third-order valence-corrected chi connectivity index (χ3v) is 9.60. The van der Waals surface area contributed by atoms with Gasteiger partial charge in [0.2, 0.25) is 5.91 Å². The zero-order chi connectivity index (χ0) is 29.4. The van der Waals surface area contributed by atoms with E-state index in [1.54, 1.807) is 22.7 Å². The molecule has 0 bridgehead atoms. The Morgan fingerprint density at radius 1 is 0.929 bits per heavy atom. The molecule has 8 heteroatoms. The molecule has 2 amide bonds. The molecule has 2 heterocycles. The normalized spacial score (nSPS) is 18.8. The first-order valence-electron chi connectivity index (χ1n) is 14.3. The van der Waals surface area contributed by atoms with Gasteiger partial charge in [0.05, 0.1) is 10.5 Å². The van der Waals surface area contributed by atoms with Gasteiger partial charge in [0.25, 0.3) is 0 Å². The van der Waals surface area contributed by atoms with E-state index in [1.807, 2.05) is 23.1 Å². The molecule has 3 aromatic carbocycles. The molecule has 0 aromatic heterocycles. The summed E-state index contributed by atoms with van der Waals surface area (Å²) in [7, 11) is 1.54. The second-order valence-electron chi connectivity index (χ2n) is 10.5. The number of piperidine rings is 1. The lowest BCUT2D eigenvalue weighted by Crippen LogP contribution is -2.50. The van der Waals surface area contributed by atoms with Crippen molar-refractivity contribution in [3.63, 3.8) is 0 Å². The number of hydrogen-bond donors (Lipinski definition) is 0. The topological polar surface area (TPSA) is 71.4 Å². The number of amides is 2. The monoisotopic (exact) mass is 583 g/mol. The minimum absolute atomic E-state index is 0.0359. The molecule has 2 saturated heterocycles. The van der Waals surface area contributed by atoms with Crippen LogP contribution in [0.2, 0.25) is 0 Å². The van der Waals surface area contributed by atoms with Crippen LogP contribution in [0.3, 0.4) is 0 Å². The number of oxime groups is 1. The van der Waals surface area contributed by atoms with Crippen molar-refractivity contribution >= 4 is 29.5 Å². The van der Waals surface area contributed by atoms with Crippen molar-refractivity contribution in [3.05, 3.63) is 120 Å². The molecular weight excluding hydrogens is 546 g/mol. The van der Waals surface area contributed by atoms with E-state index in [0.29, 0.717) is 38.9 Å². The lowest BCUT2D eigenvalue weighted by atomic mass is 9.84. The molecule has 2 fully saturated rings. The maximum Gasteiger partial charge on any atom is 0.410 e. The number of carbonyl (C=O) groups excluding carboxylic acids is 2. The fraction of sp³-hybridized carbons (Fsp3) is 0.324. The second kappa shape index (κ2) is 13.7. The molecule has 0 saturated carbocycles. The summed E-state index contributed by atoms with van der Waals surface area (Å²) in [6.07, 6.45) is 2.90. The summed E-state index contributed by atoms with van der Waals surface area (Å²) in [6.45, 7) is 5.27. The maximum absolute atomic E-state index is 14.0. The lowest BCUT2D eigenvalue weighted by Gasteiger charge is -2.37. The van der Waals surface area contributed by atoms with Crippen LogP contribution in [0.1, 0.15) is 36.0 Å². The van der Waals surface area contributed by atoms with Gasteiger partial charge in [0.1, 0.15) is 19.8 Å². The summed E-state index contributed by atoms with van der Waals surface area (Å²) in [6, 6.07) is 30.8. The Balaban J connectivity index is 1.50. The first-order valence-corrected chi connectivity index (χ1v) is 15.2. The number of nitrogens with zero attached hydrogens (tertiary/aromatic N) is 3. The number of likely N-dealkylation sites (tertiary alicyclic amines) is 2. The molecule has 2 aliphatic rings. The predicted octanol–water partition coefficient (Wildman–Crippen LogP) is 6.10. The third-order valence-electron chi connectivity index (χ3n) is 7.86. The highest BCUT2D eigenvalue weighted by atomic mass is 32.2. The van der Waals surface area contributed by atoms with E-state index >= 15 is 0 Å². The molecule has 3 aromatic rings. The number of hydrogen-bond acceptors (Lipinski definition) is 6. The first-order chi connectivity index (χ1) is 20.6. The van der Waals surface area contributed by atoms with Crippen LogP contribution in [-0.2, 0) is 19.1 Å². The second-order valence-corrected chi connectivity index (χ2v) is 12.0. The van der Waals surface area contributed by atoms with Crippen molar-refractivity contribution in [1.82, 2.24) is 9.80 Å². The van der Waals surface area contributed by atoms with E-state index in [-0.39, 0.29) is 17.8 Å². The Bertz CT molecular complexity index is 1280. The van der Waals surface area contributed by atoms with Gasteiger partial charge < -0.3 is 14.5 Å². The standard InChI is InChI=1S/C34H37N3O4S/c1-3-23-41-33(39)37-25-30(24-31(37)32(38)36-21-19-29(20-22-36)35-40-2)42-34(26-13-7-4-8-14-26,27-15-9-5-10-16-27)28-17-11-6-12-18-28/h3-18,30-31H,1,19-25H2,2H3/t30-,31-/m0/s1. The number of thioether (sulfide) groups is 1. The van der Waals surface area contributed by atoms with Gasteiger partial charge in [0.15, 0.2) is 0 Å². The number of rotatable bonds is 9. The molecule has 0 unspecified atom stereocenters. The van der Waals surface area contributed by atoms with Crippen LogP contribution in [0.5, 0.6) is 0 Å². The lowest BCUT2D eigenvalue weighted by molar-refractivity contribution is -0.135. The van der Waals surface area contributed by atoms with Crippen LogP contribution in [0.15, 0.2) is 109 Å². The van der Waals surface area contributed by atoms with Gasteiger partial charge in [-0.05, 0) is 23.1 Å². The van der Waals surface area contributed by atoms with Crippen molar-refractivity contribution in [2.24, 2.45) is 5.16 Å². The van der Waals surface area contributed by atoms with Gasteiger partial charge in [-0.2, -0.15) is 0 Å². The maximum atomic E-state index is 14.0. The largest absolute Gasteiger partial charge is 0.445 e. The SMILES string of the molecule is C=CCOC(=O)N1C[C@@H](SC(c2ccccc2)(c2ccccc2)c2ccccc2)C[C@H]1C(=O)N1CCC(=NOC)CC1. The summed E-state index contributed by atoms with van der Waals surface area (Å²) in [4.78, 5) is 35.7. The van der Waals surface area contributed by atoms with E-state index < -0.39 is 16.9 Å². The van der Waals surface area contributed by atoms with Crippen molar-refractivity contribution in [3.8, 4) is 0 Å². The van der Waals surface area contributed by atoms with E-state index in [2.05, 4.69) is 84.5 Å². The van der Waals surface area contributed by atoms with Gasteiger partial charge in [0, 0.05) is 37.7 Å². The van der Waals surface area contributed by atoms with Crippen molar-refractivity contribution < 1.29 is 19.2 Å². The highest BCUT2D eigenvalue weighted by molar-refractivity contribution is 8.01. The summed E-state index contributed by atoms with van der Waals surface area (Å²) in [5.74, 6) is -0.0464. The third kappa shape index (κ3) is 6.23. The van der Waals surface area contributed by atoms with E-state index in [4.69, 9.17) is 9.57 Å². The van der Waals surface area contributed by atoms with Crippen molar-refractivity contribution in [2.45, 2.75) is 35.3 Å². The zero-order valence-electron chi connectivity index (χ0n) is 23.9. The minimum Gasteiger partial charge on any atom is -0.445 e. The Hall–Kier alpha value is -4.04. The first kappa shape index (κ1) is 29.5. The minimum atomic E-state index is -0.610. The highest BCUT2D eigenvalue weighted by Crippen LogP contribution is 2.52. The highest BCUT2D eigenvalue weighted by Gasteiger charge is 2.47. The summed E-state index contributed by atoms with van der Waals surface area (Å²) < 4.78 is 4.92. The van der Waals surface area contributed by atoms with Gasteiger partial charge in [-0.3, -0.25) is 9.69 Å². The summed E-state index contributed by atoms with van der Waals surface area (Å²) >= 11 is 1.80. The molecule has 0 radical (unpaired) electrons. The Morgan fingerprint density at radius 2 is 1.45 bits per heavy atom. The number of ether oxygens (including phenoxy) is 1. The molecule has 7 nitrogen and oxygen atoms in total. The molecule has 218 valence electrons. The summed E-state index contributed by atoms with van der Waals surface area (Å²) in [5.41, 5.74) is 4.37. The zero-order valence-corrected chi connectivity index (χ0v) is 24.7. The Kier molecular flexibility index (Phi) is 9.64. The molecule has 2 aliphatic heterocycles. The molecule has 0 N–H and O–H groups in total. The van der Waals surface area contributed by atoms with Crippen LogP contribution in [0.25, 0.3) is 0 Å². The molecule has 0 spiro atoms. The quantitative estimate of drug-likeness (QED) is 0.173. The van der Waals surface area contributed by atoms with Gasteiger partial charge in [-0.1, -0.05) is 109 Å². The van der Waals surface area contributed by atoms with E-state index in [9.17, 15) is 9.59 Å². The Morgan fingerprint density at radius 3 is 1.93 bits per heavy atom. The fourth-order valence-electron chi connectivity index (χ4n) is 5.92. The Labute approximate surface area is 252 Å². The smallest absolute Gasteiger partial charge is 0.410 e. The van der Waals surface area contributed by atoms with Crippen LogP contribution in [-0.4, -0.2) is 72.2 Å². The molecule has 5 rings (SSSR count). The van der Waals surface area contributed by atoms with E-state index in [1.165, 1.54) is 7.11 Å². The van der Waals surface area contributed by atoms with Gasteiger partial charge in [-0.25, -0.2) is 4.79 Å². The molecule has 0 aliphatic carbocycles. The van der Waals surface area contributed by atoms with Crippen LogP contribution in [0, 0.1) is 0 Å². The molecule has 42 heavy (non-hydrogen) atoms. The van der Waals surface area contributed by atoms with Crippen LogP contribution < -0.4 is 0 Å². The van der Waals surface area contributed by atoms with Gasteiger partial charge >= 0.3 is 6.09 Å². The average molecular weight is 584 g/mol. The van der Waals surface area contributed by atoms with Gasteiger partial charge in [-0.15, -0.1) is 11.8 Å². The molecular formula is C34H37N3O4S. The fourth-order valence-corrected chi connectivity index (χ4v) is 7.75. The predicted molar refractivity (Wildman–Crippen MR) is 168 cm³/mol. The van der Waals surface area contributed by atoms with E-state index in [0.717, 1.165) is 22.4 Å². The van der Waals surface area contributed by atoms with Crippen LogP contribution >= 0.6 is 11.8 Å². The number of benzene rings is 3. The average Bonchev–Trinajstić information content (AvgIpc) is 3.48. The van der Waals surface area contributed by atoms with Crippen molar-refractivity contribution in [1.29, 1.82) is 0 Å². The summed E-state index contributed by atoms with van der Waals surface area (Å²) in [5, 5.41) is 4.04. The molecule has 2 atom stereocenters. The number of carbonyl (C=O) groups is 2. The van der Waals surface area contributed by atoms with Crippen LogP contribution in [0.4, 0.5) is 4.79 Å².